The molecular formula is C8H9Cl2N. The van der Waals surface area contributed by atoms with Crippen molar-refractivity contribution in [2.75, 3.05) is 6.54 Å². The third kappa shape index (κ3) is 2.09. The van der Waals surface area contributed by atoms with E-state index in [0.717, 1.165) is 5.56 Å². The lowest BCUT2D eigenvalue weighted by Crippen LogP contribution is -2.06. The molecule has 0 spiro atoms. The van der Waals surface area contributed by atoms with E-state index in [-0.39, 0.29) is 5.38 Å². The third-order valence-electron chi connectivity index (χ3n) is 1.45. The van der Waals surface area contributed by atoms with Crippen LogP contribution in [-0.2, 0) is 0 Å². The first-order chi connectivity index (χ1) is 5.25. The molecule has 0 fully saturated rings. The van der Waals surface area contributed by atoms with Gasteiger partial charge >= 0.3 is 0 Å². The molecule has 0 saturated carbocycles. The average Bonchev–Trinajstić information content (AvgIpc) is 2.04. The standard InChI is InChI=1S/C8H9Cl2N/c9-7-4-2-1-3-6(7)8(10)5-11/h1-4,8H,5,11H2. The highest BCUT2D eigenvalue weighted by Gasteiger charge is 2.07. The SMILES string of the molecule is NCC(Cl)c1ccccc1Cl. The number of halogens is 2. The van der Waals surface area contributed by atoms with Crippen molar-refractivity contribution in [3.05, 3.63) is 34.9 Å². The molecule has 3 heteroatoms. The molecule has 11 heavy (non-hydrogen) atoms. The maximum Gasteiger partial charge on any atom is 0.0721 e. The predicted octanol–water partition coefficient (Wildman–Crippen LogP) is 2.58. The lowest BCUT2D eigenvalue weighted by Gasteiger charge is -2.07. The van der Waals surface area contributed by atoms with Gasteiger partial charge in [-0.1, -0.05) is 29.8 Å². The van der Waals surface area contributed by atoms with Crippen LogP contribution >= 0.6 is 23.2 Å². The predicted molar refractivity (Wildman–Crippen MR) is 49.1 cm³/mol. The van der Waals surface area contributed by atoms with Crippen molar-refractivity contribution in [2.24, 2.45) is 5.73 Å². The van der Waals surface area contributed by atoms with E-state index in [1.54, 1.807) is 0 Å². The second kappa shape index (κ2) is 3.96. The third-order valence-corrected chi connectivity index (χ3v) is 2.21. The van der Waals surface area contributed by atoms with Crippen molar-refractivity contribution in [2.45, 2.75) is 5.38 Å². The molecule has 1 atom stereocenters. The zero-order valence-corrected chi connectivity index (χ0v) is 7.44. The van der Waals surface area contributed by atoms with Crippen LogP contribution in [0.4, 0.5) is 0 Å². The van der Waals surface area contributed by atoms with Crippen molar-refractivity contribution in [1.29, 1.82) is 0 Å². The van der Waals surface area contributed by atoms with Gasteiger partial charge in [-0.3, -0.25) is 0 Å². The fourth-order valence-electron chi connectivity index (χ4n) is 0.856. The molecule has 0 amide bonds. The van der Waals surface area contributed by atoms with E-state index in [1.807, 2.05) is 24.3 Å². The van der Waals surface area contributed by atoms with Gasteiger partial charge in [-0.2, -0.15) is 0 Å². The summed E-state index contributed by atoms with van der Waals surface area (Å²) in [5.41, 5.74) is 6.28. The van der Waals surface area contributed by atoms with E-state index in [1.165, 1.54) is 0 Å². The second-order valence-corrected chi connectivity index (χ2v) is 3.16. The van der Waals surface area contributed by atoms with Gasteiger partial charge in [0, 0.05) is 11.6 Å². The number of hydrogen-bond donors (Lipinski definition) is 1. The smallest absolute Gasteiger partial charge is 0.0721 e. The van der Waals surface area contributed by atoms with Crippen LogP contribution in [-0.4, -0.2) is 6.54 Å². The van der Waals surface area contributed by atoms with Crippen molar-refractivity contribution < 1.29 is 0 Å². The van der Waals surface area contributed by atoms with Gasteiger partial charge in [-0.25, -0.2) is 0 Å². The molecule has 0 aromatic heterocycles. The highest BCUT2D eigenvalue weighted by Crippen LogP contribution is 2.25. The maximum atomic E-state index is 5.89. The van der Waals surface area contributed by atoms with E-state index >= 15 is 0 Å². The monoisotopic (exact) mass is 189 g/mol. The van der Waals surface area contributed by atoms with Crippen molar-refractivity contribution >= 4 is 23.2 Å². The van der Waals surface area contributed by atoms with Crippen LogP contribution < -0.4 is 5.73 Å². The van der Waals surface area contributed by atoms with Gasteiger partial charge in [-0.15, -0.1) is 11.6 Å². The van der Waals surface area contributed by atoms with Crippen molar-refractivity contribution in [3.8, 4) is 0 Å². The van der Waals surface area contributed by atoms with Gasteiger partial charge in [0.25, 0.3) is 0 Å². The molecule has 0 bridgehead atoms. The van der Waals surface area contributed by atoms with E-state index < -0.39 is 0 Å². The normalized spacial score (nSPS) is 13.0. The van der Waals surface area contributed by atoms with Gasteiger partial charge < -0.3 is 5.73 Å². The van der Waals surface area contributed by atoms with Gasteiger partial charge in [0.05, 0.1) is 5.38 Å². The fourth-order valence-corrected chi connectivity index (χ4v) is 1.37. The van der Waals surface area contributed by atoms with E-state index in [0.29, 0.717) is 11.6 Å². The minimum absolute atomic E-state index is 0.177. The topological polar surface area (TPSA) is 26.0 Å². The number of nitrogens with two attached hydrogens (primary N) is 1. The Kier molecular flexibility index (Phi) is 3.18. The minimum Gasteiger partial charge on any atom is -0.329 e. The molecule has 1 aromatic carbocycles. The number of rotatable bonds is 2. The van der Waals surface area contributed by atoms with Crippen LogP contribution in [0.1, 0.15) is 10.9 Å². The van der Waals surface area contributed by atoms with E-state index in [2.05, 4.69) is 0 Å². The van der Waals surface area contributed by atoms with Gasteiger partial charge in [-0.05, 0) is 11.6 Å². The van der Waals surface area contributed by atoms with Crippen LogP contribution in [0, 0.1) is 0 Å². The second-order valence-electron chi connectivity index (χ2n) is 2.22. The molecule has 0 aliphatic heterocycles. The first-order valence-electron chi connectivity index (χ1n) is 3.34. The lowest BCUT2D eigenvalue weighted by atomic mass is 10.1. The van der Waals surface area contributed by atoms with E-state index in [9.17, 15) is 0 Å². The Morgan fingerprint density at radius 2 is 2.00 bits per heavy atom. The summed E-state index contributed by atoms with van der Waals surface area (Å²) in [6.45, 7) is 0.408. The zero-order chi connectivity index (χ0) is 8.27. The molecule has 1 unspecified atom stereocenters. The summed E-state index contributed by atoms with van der Waals surface area (Å²) < 4.78 is 0. The molecule has 1 rings (SSSR count). The minimum atomic E-state index is -0.177. The molecule has 0 saturated heterocycles. The molecule has 0 aliphatic carbocycles. The Morgan fingerprint density at radius 3 is 2.55 bits per heavy atom. The molecular weight excluding hydrogens is 181 g/mol. The number of hydrogen-bond acceptors (Lipinski definition) is 1. The Labute approximate surface area is 76.1 Å². The van der Waals surface area contributed by atoms with Gasteiger partial charge in [0.2, 0.25) is 0 Å². The zero-order valence-electron chi connectivity index (χ0n) is 5.93. The first kappa shape index (κ1) is 8.85. The Balaban J connectivity index is 2.93. The first-order valence-corrected chi connectivity index (χ1v) is 4.15. The Hall–Kier alpha value is -0.240. The molecule has 1 aromatic rings. The van der Waals surface area contributed by atoms with Gasteiger partial charge in [0.1, 0.15) is 0 Å². The lowest BCUT2D eigenvalue weighted by molar-refractivity contribution is 0.931. The number of benzene rings is 1. The molecule has 0 aliphatic rings. The van der Waals surface area contributed by atoms with Crippen LogP contribution in [0.3, 0.4) is 0 Å². The summed E-state index contributed by atoms with van der Waals surface area (Å²) in [7, 11) is 0. The van der Waals surface area contributed by atoms with Crippen LogP contribution in [0.15, 0.2) is 24.3 Å². The average molecular weight is 190 g/mol. The van der Waals surface area contributed by atoms with Crippen molar-refractivity contribution in [3.63, 3.8) is 0 Å². The summed E-state index contributed by atoms with van der Waals surface area (Å²) >= 11 is 11.7. The molecule has 60 valence electrons. The molecule has 1 nitrogen and oxygen atoms in total. The molecule has 2 N–H and O–H groups in total. The fraction of sp³-hybridized carbons (Fsp3) is 0.250. The summed E-state index contributed by atoms with van der Waals surface area (Å²) in [4.78, 5) is 0. The maximum absolute atomic E-state index is 5.89. The summed E-state index contributed by atoms with van der Waals surface area (Å²) in [5, 5.41) is 0.502. The number of alkyl halides is 1. The van der Waals surface area contributed by atoms with Crippen LogP contribution in [0.2, 0.25) is 5.02 Å². The summed E-state index contributed by atoms with van der Waals surface area (Å²) in [6.07, 6.45) is 0. The molecule has 0 heterocycles. The van der Waals surface area contributed by atoms with Gasteiger partial charge in [0.15, 0.2) is 0 Å². The molecule has 0 radical (unpaired) electrons. The Morgan fingerprint density at radius 1 is 1.36 bits per heavy atom. The van der Waals surface area contributed by atoms with E-state index in [4.69, 9.17) is 28.9 Å². The van der Waals surface area contributed by atoms with Crippen LogP contribution in [0.25, 0.3) is 0 Å². The largest absolute Gasteiger partial charge is 0.329 e. The van der Waals surface area contributed by atoms with Crippen LogP contribution in [0.5, 0.6) is 0 Å². The van der Waals surface area contributed by atoms with Crippen molar-refractivity contribution in [1.82, 2.24) is 0 Å². The quantitative estimate of drug-likeness (QED) is 0.712. The Bertz CT molecular complexity index is 237. The highest BCUT2D eigenvalue weighted by atomic mass is 35.5. The highest BCUT2D eigenvalue weighted by molar-refractivity contribution is 6.32. The summed E-state index contributed by atoms with van der Waals surface area (Å²) in [5.74, 6) is 0. The summed E-state index contributed by atoms with van der Waals surface area (Å²) in [6, 6.07) is 7.45.